The van der Waals surface area contributed by atoms with E-state index in [9.17, 15) is 9.59 Å². The number of carbonyl (C=O) groups is 1. The second kappa shape index (κ2) is 6.04. The van der Waals surface area contributed by atoms with E-state index in [4.69, 9.17) is 0 Å². The zero-order valence-electron chi connectivity index (χ0n) is 13.9. The van der Waals surface area contributed by atoms with E-state index < -0.39 is 0 Å². The Bertz CT molecular complexity index is 829. The summed E-state index contributed by atoms with van der Waals surface area (Å²) < 4.78 is 1.26. The normalized spacial score (nSPS) is 26.6. The van der Waals surface area contributed by atoms with E-state index in [1.165, 1.54) is 30.4 Å². The summed E-state index contributed by atoms with van der Waals surface area (Å²) in [4.78, 5) is 24.8. The molecule has 4 rings (SSSR count). The quantitative estimate of drug-likeness (QED) is 0.938. The highest BCUT2D eigenvalue weighted by molar-refractivity contribution is 5.81. The molecule has 0 unspecified atom stereocenters. The summed E-state index contributed by atoms with van der Waals surface area (Å²) in [6, 6.07) is 7.49. The van der Waals surface area contributed by atoms with Crippen LogP contribution in [0.3, 0.4) is 0 Å². The molecule has 2 saturated carbocycles. The SMILES string of the molecule is C[C@H](NC(=O)Cn1ncc2ccccc2c1=O)[C@@H]1C[C@H]2CC[C@H]1C2. The molecule has 4 atom stereocenters. The van der Waals surface area contributed by atoms with Gasteiger partial charge < -0.3 is 5.32 Å². The molecule has 2 fully saturated rings. The van der Waals surface area contributed by atoms with Gasteiger partial charge in [-0.3, -0.25) is 9.59 Å². The van der Waals surface area contributed by atoms with E-state index in [1.807, 2.05) is 18.2 Å². The van der Waals surface area contributed by atoms with Crippen LogP contribution in [0.5, 0.6) is 0 Å². The lowest BCUT2D eigenvalue weighted by Crippen LogP contribution is -2.43. The smallest absolute Gasteiger partial charge is 0.275 e. The molecule has 2 aliphatic rings. The maximum absolute atomic E-state index is 12.4. The lowest BCUT2D eigenvalue weighted by Gasteiger charge is -2.28. The van der Waals surface area contributed by atoms with E-state index in [2.05, 4.69) is 17.3 Å². The molecule has 1 aromatic heterocycles. The van der Waals surface area contributed by atoms with Crippen LogP contribution in [-0.2, 0) is 11.3 Å². The average Bonchev–Trinajstić information content (AvgIpc) is 3.21. The van der Waals surface area contributed by atoms with Crippen LogP contribution in [-0.4, -0.2) is 21.7 Å². The number of nitrogens with zero attached hydrogens (tertiary/aromatic N) is 2. The van der Waals surface area contributed by atoms with Gasteiger partial charge in [0, 0.05) is 11.4 Å². The number of rotatable bonds is 4. The second-order valence-corrected chi connectivity index (χ2v) is 7.39. The predicted octanol–water partition coefficient (Wildman–Crippen LogP) is 2.34. The fourth-order valence-corrected chi connectivity index (χ4v) is 4.69. The van der Waals surface area contributed by atoms with E-state index in [-0.39, 0.29) is 24.1 Å². The number of amides is 1. The van der Waals surface area contributed by atoms with Crippen molar-refractivity contribution in [3.05, 3.63) is 40.8 Å². The number of hydrogen-bond donors (Lipinski definition) is 1. The van der Waals surface area contributed by atoms with Crippen LogP contribution >= 0.6 is 0 Å². The molecule has 2 aromatic rings. The monoisotopic (exact) mass is 325 g/mol. The zero-order chi connectivity index (χ0) is 16.7. The molecular weight excluding hydrogens is 302 g/mol. The number of fused-ring (bicyclic) bond motifs is 3. The van der Waals surface area contributed by atoms with Gasteiger partial charge in [-0.25, -0.2) is 4.68 Å². The van der Waals surface area contributed by atoms with Crippen molar-refractivity contribution in [3.8, 4) is 0 Å². The topological polar surface area (TPSA) is 64.0 Å². The third-order valence-corrected chi connectivity index (χ3v) is 5.88. The molecule has 1 heterocycles. The highest BCUT2D eigenvalue weighted by atomic mass is 16.2. The minimum Gasteiger partial charge on any atom is -0.352 e. The van der Waals surface area contributed by atoms with E-state index in [0.29, 0.717) is 11.3 Å². The number of benzene rings is 1. The summed E-state index contributed by atoms with van der Waals surface area (Å²) in [5.74, 6) is 2.10. The van der Waals surface area contributed by atoms with Gasteiger partial charge in [0.2, 0.25) is 5.91 Å². The Morgan fingerprint density at radius 1 is 1.33 bits per heavy atom. The molecule has 5 nitrogen and oxygen atoms in total. The summed E-state index contributed by atoms with van der Waals surface area (Å²) in [5.41, 5.74) is -0.212. The van der Waals surface area contributed by atoms with Crippen molar-refractivity contribution in [1.29, 1.82) is 0 Å². The fraction of sp³-hybridized carbons (Fsp3) is 0.526. The van der Waals surface area contributed by atoms with Gasteiger partial charge >= 0.3 is 0 Å². The average molecular weight is 325 g/mol. The summed E-state index contributed by atoms with van der Waals surface area (Å²) in [6.07, 6.45) is 6.87. The predicted molar refractivity (Wildman–Crippen MR) is 92.5 cm³/mol. The number of hydrogen-bond acceptors (Lipinski definition) is 3. The summed E-state index contributed by atoms with van der Waals surface area (Å²) in [7, 11) is 0. The van der Waals surface area contributed by atoms with Crippen LogP contribution in [0.1, 0.15) is 32.6 Å². The molecule has 1 amide bonds. The van der Waals surface area contributed by atoms with Crippen LogP contribution in [0, 0.1) is 17.8 Å². The van der Waals surface area contributed by atoms with Gasteiger partial charge in [-0.15, -0.1) is 0 Å². The Morgan fingerprint density at radius 3 is 2.92 bits per heavy atom. The Labute approximate surface area is 141 Å². The van der Waals surface area contributed by atoms with Crippen LogP contribution in [0.2, 0.25) is 0 Å². The standard InChI is InChI=1S/C19H23N3O2/c1-12(17-9-13-6-7-14(17)8-13)21-18(23)11-22-19(24)16-5-3-2-4-15(16)10-20-22/h2-5,10,12-14,17H,6-9,11H2,1H3,(H,21,23)/t12-,13-,14-,17-/m0/s1. The van der Waals surface area contributed by atoms with Gasteiger partial charge in [-0.1, -0.05) is 24.6 Å². The molecule has 0 saturated heterocycles. The Kier molecular flexibility index (Phi) is 3.87. The van der Waals surface area contributed by atoms with Crippen molar-refractivity contribution in [3.63, 3.8) is 0 Å². The van der Waals surface area contributed by atoms with Gasteiger partial charge in [0.1, 0.15) is 6.54 Å². The van der Waals surface area contributed by atoms with Crippen LogP contribution in [0.15, 0.2) is 35.3 Å². The van der Waals surface area contributed by atoms with E-state index in [1.54, 1.807) is 12.3 Å². The lowest BCUT2D eigenvalue weighted by molar-refractivity contribution is -0.123. The molecule has 2 aliphatic carbocycles. The van der Waals surface area contributed by atoms with Crippen LogP contribution < -0.4 is 10.9 Å². The molecule has 1 N–H and O–H groups in total. The van der Waals surface area contributed by atoms with E-state index >= 15 is 0 Å². The van der Waals surface area contributed by atoms with Crippen LogP contribution in [0.4, 0.5) is 0 Å². The van der Waals surface area contributed by atoms with Crippen molar-refractivity contribution < 1.29 is 4.79 Å². The van der Waals surface area contributed by atoms with Gasteiger partial charge in [-0.05, 0) is 50.0 Å². The first-order valence-corrected chi connectivity index (χ1v) is 8.86. The van der Waals surface area contributed by atoms with Crippen molar-refractivity contribution in [2.45, 2.75) is 45.2 Å². The van der Waals surface area contributed by atoms with Gasteiger partial charge in [0.15, 0.2) is 0 Å². The lowest BCUT2D eigenvalue weighted by atomic mass is 9.84. The maximum atomic E-state index is 12.4. The molecule has 0 radical (unpaired) electrons. The minimum absolute atomic E-state index is 0.0190. The molecule has 0 spiro atoms. The van der Waals surface area contributed by atoms with Crippen molar-refractivity contribution in [1.82, 2.24) is 15.1 Å². The van der Waals surface area contributed by atoms with Crippen molar-refractivity contribution in [2.75, 3.05) is 0 Å². The number of carbonyl (C=O) groups excluding carboxylic acids is 1. The van der Waals surface area contributed by atoms with Gasteiger partial charge in [0.25, 0.3) is 5.56 Å². The highest BCUT2D eigenvalue weighted by Gasteiger charge is 2.42. The maximum Gasteiger partial charge on any atom is 0.275 e. The van der Waals surface area contributed by atoms with Gasteiger partial charge in [0.05, 0.1) is 11.6 Å². The Morgan fingerprint density at radius 2 is 2.17 bits per heavy atom. The largest absolute Gasteiger partial charge is 0.352 e. The Balaban J connectivity index is 1.44. The fourth-order valence-electron chi connectivity index (χ4n) is 4.69. The first kappa shape index (κ1) is 15.4. The molecule has 24 heavy (non-hydrogen) atoms. The molecule has 2 bridgehead atoms. The molecule has 0 aliphatic heterocycles. The molecular formula is C19H23N3O2. The summed E-state index contributed by atoms with van der Waals surface area (Å²) >= 11 is 0. The highest BCUT2D eigenvalue weighted by Crippen LogP contribution is 2.49. The zero-order valence-corrected chi connectivity index (χ0v) is 13.9. The number of aromatic nitrogens is 2. The van der Waals surface area contributed by atoms with Crippen molar-refractivity contribution >= 4 is 16.7 Å². The summed E-state index contributed by atoms with van der Waals surface area (Å²) in [6.45, 7) is 2.08. The third-order valence-electron chi connectivity index (χ3n) is 5.88. The number of nitrogens with one attached hydrogen (secondary N) is 1. The third kappa shape index (κ3) is 2.72. The van der Waals surface area contributed by atoms with Crippen molar-refractivity contribution in [2.24, 2.45) is 17.8 Å². The Hall–Kier alpha value is -2.17. The molecule has 5 heteroatoms. The second-order valence-electron chi connectivity index (χ2n) is 7.39. The van der Waals surface area contributed by atoms with Gasteiger partial charge in [-0.2, -0.15) is 5.10 Å². The first-order chi connectivity index (χ1) is 11.6. The van der Waals surface area contributed by atoms with E-state index in [0.717, 1.165) is 17.2 Å². The minimum atomic E-state index is -0.212. The van der Waals surface area contributed by atoms with Crippen LogP contribution in [0.25, 0.3) is 10.8 Å². The summed E-state index contributed by atoms with van der Waals surface area (Å²) in [5, 5.41) is 8.62. The molecule has 126 valence electrons. The molecule has 1 aromatic carbocycles. The first-order valence-electron chi connectivity index (χ1n) is 8.86.